The third-order valence-corrected chi connectivity index (χ3v) is 4.51. The van der Waals surface area contributed by atoms with Crippen LogP contribution in [0.15, 0.2) is 15.9 Å². The van der Waals surface area contributed by atoms with Crippen molar-refractivity contribution in [3.05, 3.63) is 32.2 Å². The number of carbonyl (C=O) groups excluding carboxylic acids is 1. The van der Waals surface area contributed by atoms with Crippen molar-refractivity contribution in [2.24, 2.45) is 0 Å². The Hall–Kier alpha value is -1.34. The first kappa shape index (κ1) is 14.1. The molecule has 0 aliphatic carbocycles. The molecule has 2 rings (SSSR count). The fourth-order valence-corrected chi connectivity index (χ4v) is 3.08. The number of aryl methyl sites for hydroxylation is 1. The molecule has 7 heteroatoms. The number of halogens is 1. The molecule has 102 valence electrons. The lowest BCUT2D eigenvalue weighted by atomic mass is 10.3. The highest BCUT2D eigenvalue weighted by molar-refractivity contribution is 9.10. The van der Waals surface area contributed by atoms with Gasteiger partial charge in [-0.2, -0.15) is 5.10 Å². The molecule has 1 amide bonds. The molecule has 0 aliphatic heterocycles. The Morgan fingerprint density at radius 1 is 1.58 bits per heavy atom. The fourth-order valence-electron chi connectivity index (χ4n) is 1.69. The molecule has 5 nitrogen and oxygen atoms in total. The molecule has 0 radical (unpaired) electrons. The van der Waals surface area contributed by atoms with Gasteiger partial charge in [0.15, 0.2) is 0 Å². The molecule has 0 aromatic carbocycles. The van der Waals surface area contributed by atoms with E-state index in [4.69, 9.17) is 5.73 Å². The summed E-state index contributed by atoms with van der Waals surface area (Å²) in [5, 5.41) is 9.09. The number of aromatic nitrogens is 2. The number of nitrogens with one attached hydrogen (secondary N) is 1. The molecular formula is C12H15BrN4OS. The van der Waals surface area contributed by atoms with Gasteiger partial charge in [0.1, 0.15) is 6.54 Å². The molecule has 0 unspecified atom stereocenters. The Kier molecular flexibility index (Phi) is 4.26. The molecule has 0 fully saturated rings. The molecule has 0 spiro atoms. The van der Waals surface area contributed by atoms with Crippen LogP contribution in [0.25, 0.3) is 0 Å². The fraction of sp³-hybridized carbons (Fsp3) is 0.333. The van der Waals surface area contributed by atoms with Gasteiger partial charge in [-0.25, -0.2) is 0 Å². The number of thiophene rings is 1. The molecule has 2 aromatic heterocycles. The maximum atomic E-state index is 11.8. The van der Waals surface area contributed by atoms with E-state index in [0.29, 0.717) is 12.2 Å². The molecule has 2 heterocycles. The molecular weight excluding hydrogens is 328 g/mol. The minimum Gasteiger partial charge on any atom is -0.396 e. The first-order valence-electron chi connectivity index (χ1n) is 5.76. The molecule has 0 bridgehead atoms. The monoisotopic (exact) mass is 342 g/mol. The second kappa shape index (κ2) is 5.75. The zero-order valence-electron chi connectivity index (χ0n) is 10.7. The average molecular weight is 343 g/mol. The third kappa shape index (κ3) is 3.36. The van der Waals surface area contributed by atoms with Crippen molar-refractivity contribution in [3.8, 4) is 0 Å². The van der Waals surface area contributed by atoms with E-state index < -0.39 is 0 Å². The minimum atomic E-state index is -0.0740. The number of carbonyl (C=O) groups is 1. The molecule has 0 saturated carbocycles. The zero-order valence-corrected chi connectivity index (χ0v) is 13.1. The van der Waals surface area contributed by atoms with E-state index >= 15 is 0 Å². The smallest absolute Gasteiger partial charge is 0.242 e. The van der Waals surface area contributed by atoms with Gasteiger partial charge < -0.3 is 11.1 Å². The lowest BCUT2D eigenvalue weighted by Crippen LogP contribution is -2.27. The summed E-state index contributed by atoms with van der Waals surface area (Å²) < 4.78 is 2.66. The number of nitrogen functional groups attached to an aromatic ring is 1. The normalized spacial score (nSPS) is 10.7. The number of rotatable bonds is 4. The van der Waals surface area contributed by atoms with Crippen LogP contribution in [0.1, 0.15) is 16.3 Å². The van der Waals surface area contributed by atoms with Gasteiger partial charge in [-0.3, -0.25) is 9.48 Å². The first-order valence-corrected chi connectivity index (χ1v) is 7.43. The molecule has 2 aromatic rings. The number of hydrogen-bond donors (Lipinski definition) is 2. The number of nitrogens with zero attached hydrogens (tertiary/aromatic N) is 2. The predicted octanol–water partition coefficient (Wildman–Crippen LogP) is 2.22. The zero-order chi connectivity index (χ0) is 14.0. The minimum absolute atomic E-state index is 0.0740. The van der Waals surface area contributed by atoms with Crippen LogP contribution in [-0.4, -0.2) is 15.7 Å². The maximum absolute atomic E-state index is 11.8. The molecule has 19 heavy (non-hydrogen) atoms. The summed E-state index contributed by atoms with van der Waals surface area (Å²) in [5.41, 5.74) is 8.06. The molecule has 3 N–H and O–H groups in total. The van der Waals surface area contributed by atoms with Gasteiger partial charge in [0.2, 0.25) is 5.91 Å². The van der Waals surface area contributed by atoms with Crippen LogP contribution < -0.4 is 11.1 Å². The molecule has 0 aliphatic rings. The summed E-state index contributed by atoms with van der Waals surface area (Å²) in [6.07, 6.45) is 0. The highest BCUT2D eigenvalue weighted by Crippen LogP contribution is 2.19. The Balaban J connectivity index is 1.92. The van der Waals surface area contributed by atoms with Gasteiger partial charge in [-0.05, 0) is 35.8 Å². The number of amides is 1. The Bertz CT molecular complexity index is 605. The average Bonchev–Trinajstić information content (AvgIpc) is 2.88. The topological polar surface area (TPSA) is 72.9 Å². The first-order chi connectivity index (χ1) is 8.97. The van der Waals surface area contributed by atoms with Crippen molar-refractivity contribution in [2.45, 2.75) is 26.9 Å². The highest BCUT2D eigenvalue weighted by Gasteiger charge is 2.11. The largest absolute Gasteiger partial charge is 0.396 e. The van der Waals surface area contributed by atoms with Crippen molar-refractivity contribution < 1.29 is 4.79 Å². The Labute approximate surface area is 123 Å². The van der Waals surface area contributed by atoms with Crippen LogP contribution in [-0.2, 0) is 17.9 Å². The van der Waals surface area contributed by atoms with E-state index in [1.807, 2.05) is 25.3 Å². The van der Waals surface area contributed by atoms with E-state index in [9.17, 15) is 4.79 Å². The predicted molar refractivity (Wildman–Crippen MR) is 80.0 cm³/mol. The lowest BCUT2D eigenvalue weighted by molar-refractivity contribution is -0.122. The van der Waals surface area contributed by atoms with Crippen molar-refractivity contribution in [1.82, 2.24) is 15.1 Å². The SMILES string of the molecule is Cc1nn(CC(=O)NCc2cc(Br)cs2)c(C)c1N. The third-order valence-electron chi connectivity index (χ3n) is 2.81. The van der Waals surface area contributed by atoms with Gasteiger partial charge in [-0.1, -0.05) is 0 Å². The van der Waals surface area contributed by atoms with Crippen LogP contribution in [0.5, 0.6) is 0 Å². The van der Waals surface area contributed by atoms with Crippen molar-refractivity contribution in [3.63, 3.8) is 0 Å². The Morgan fingerprint density at radius 3 is 2.84 bits per heavy atom. The van der Waals surface area contributed by atoms with Crippen molar-refractivity contribution in [1.29, 1.82) is 0 Å². The summed E-state index contributed by atoms with van der Waals surface area (Å²) in [7, 11) is 0. The summed E-state index contributed by atoms with van der Waals surface area (Å²) >= 11 is 4.99. The van der Waals surface area contributed by atoms with E-state index in [1.165, 1.54) is 0 Å². The number of hydrogen-bond acceptors (Lipinski definition) is 4. The van der Waals surface area contributed by atoms with Crippen molar-refractivity contribution >= 4 is 38.9 Å². The standard InChI is InChI=1S/C12H15BrN4OS/c1-7-12(14)8(2)17(16-7)5-11(18)15-4-10-3-9(13)6-19-10/h3,6H,4-5,14H2,1-2H3,(H,15,18). The van der Waals surface area contributed by atoms with Crippen LogP contribution in [0.3, 0.4) is 0 Å². The molecule has 0 saturated heterocycles. The van der Waals surface area contributed by atoms with Crippen LogP contribution in [0.4, 0.5) is 5.69 Å². The summed E-state index contributed by atoms with van der Waals surface area (Å²) in [5.74, 6) is -0.0740. The van der Waals surface area contributed by atoms with Gasteiger partial charge >= 0.3 is 0 Å². The van der Waals surface area contributed by atoms with Crippen LogP contribution in [0, 0.1) is 13.8 Å². The second-order valence-electron chi connectivity index (χ2n) is 4.25. The number of anilines is 1. The quantitative estimate of drug-likeness (QED) is 0.894. The second-order valence-corrected chi connectivity index (χ2v) is 6.16. The van der Waals surface area contributed by atoms with Gasteiger partial charge in [-0.15, -0.1) is 11.3 Å². The van der Waals surface area contributed by atoms with E-state index in [1.54, 1.807) is 16.0 Å². The maximum Gasteiger partial charge on any atom is 0.242 e. The summed E-state index contributed by atoms with van der Waals surface area (Å²) in [6, 6.07) is 1.99. The van der Waals surface area contributed by atoms with Gasteiger partial charge in [0.25, 0.3) is 0 Å². The number of nitrogens with two attached hydrogens (primary N) is 1. The molecule has 0 atom stereocenters. The van der Waals surface area contributed by atoms with Crippen molar-refractivity contribution in [2.75, 3.05) is 5.73 Å². The van der Waals surface area contributed by atoms with E-state index in [0.717, 1.165) is 20.7 Å². The lowest BCUT2D eigenvalue weighted by Gasteiger charge is -2.05. The van der Waals surface area contributed by atoms with Crippen LogP contribution >= 0.6 is 27.3 Å². The van der Waals surface area contributed by atoms with Gasteiger partial charge in [0.05, 0.1) is 23.6 Å². The summed E-state index contributed by atoms with van der Waals surface area (Å²) in [6.45, 7) is 4.42. The van der Waals surface area contributed by atoms with Gasteiger partial charge in [0, 0.05) is 14.7 Å². The van der Waals surface area contributed by atoms with E-state index in [2.05, 4.69) is 26.3 Å². The van der Waals surface area contributed by atoms with Crippen LogP contribution in [0.2, 0.25) is 0 Å². The van der Waals surface area contributed by atoms with E-state index in [-0.39, 0.29) is 12.5 Å². The Morgan fingerprint density at radius 2 is 2.32 bits per heavy atom. The summed E-state index contributed by atoms with van der Waals surface area (Å²) in [4.78, 5) is 13.0. The highest BCUT2D eigenvalue weighted by atomic mass is 79.9.